The van der Waals surface area contributed by atoms with Gasteiger partial charge in [-0.2, -0.15) is 0 Å². The van der Waals surface area contributed by atoms with Gasteiger partial charge in [0.15, 0.2) is 0 Å². The van der Waals surface area contributed by atoms with E-state index in [9.17, 15) is 10.2 Å². The topological polar surface area (TPSA) is 52.5 Å². The maximum Gasteiger partial charge on any atom is 0.0761 e. The van der Waals surface area contributed by atoms with Crippen LogP contribution in [0.4, 0.5) is 0 Å². The molecule has 1 saturated carbocycles. The summed E-state index contributed by atoms with van der Waals surface area (Å²) in [5.41, 5.74) is 3.97. The van der Waals surface area contributed by atoms with E-state index < -0.39 is 6.10 Å². The normalized spacial score (nSPS) is 27.9. The van der Waals surface area contributed by atoms with Gasteiger partial charge in [-0.1, -0.05) is 60.1 Å². The first-order chi connectivity index (χ1) is 13.6. The van der Waals surface area contributed by atoms with Gasteiger partial charge in [-0.25, -0.2) is 0 Å². The van der Waals surface area contributed by atoms with Gasteiger partial charge in [-0.15, -0.1) is 0 Å². The van der Waals surface area contributed by atoms with Crippen molar-refractivity contribution in [3.05, 3.63) is 59.2 Å². The van der Waals surface area contributed by atoms with Crippen LogP contribution >= 0.6 is 0 Å². The first-order valence-electron chi connectivity index (χ1n) is 11.0. The van der Waals surface area contributed by atoms with Crippen LogP contribution in [0.5, 0.6) is 0 Å². The summed E-state index contributed by atoms with van der Waals surface area (Å²) in [5.74, 6) is 1.21. The van der Waals surface area contributed by atoms with Crippen molar-refractivity contribution in [2.75, 3.05) is 13.6 Å². The van der Waals surface area contributed by atoms with Crippen LogP contribution in [-0.2, 0) is 6.42 Å². The predicted octanol–water partition coefficient (Wildman–Crippen LogP) is 4.18. The molecule has 3 rings (SSSR count). The molecule has 0 bridgehead atoms. The standard InChI is InChI=1S/C25H37NO2/c1-18-7-6-9-19(13-18)15-22(27)10-11-23-24-16-20(8-4-3-5-12-26-2)14-21(24)17-25(23)28/h6-7,9-11,13-14,21-28H,3-5,8,12,15-17H2,1-2H3/b11-10+/t21-,22+,23+,24-,25+/m0/s1. The first-order valence-corrected chi connectivity index (χ1v) is 11.0. The van der Waals surface area contributed by atoms with E-state index in [-0.39, 0.29) is 12.0 Å². The average molecular weight is 384 g/mol. The molecule has 1 aromatic rings. The summed E-state index contributed by atoms with van der Waals surface area (Å²) in [5, 5.41) is 24.2. The minimum absolute atomic E-state index is 0.176. The van der Waals surface area contributed by atoms with Crippen LogP contribution in [0.2, 0.25) is 0 Å². The van der Waals surface area contributed by atoms with Crippen LogP contribution in [-0.4, -0.2) is 36.0 Å². The second-order valence-corrected chi connectivity index (χ2v) is 8.80. The molecule has 154 valence electrons. The van der Waals surface area contributed by atoms with E-state index in [4.69, 9.17) is 0 Å². The maximum absolute atomic E-state index is 10.5. The van der Waals surface area contributed by atoms with Gasteiger partial charge in [0.05, 0.1) is 12.2 Å². The first kappa shape index (κ1) is 21.3. The summed E-state index contributed by atoms with van der Waals surface area (Å²) >= 11 is 0. The van der Waals surface area contributed by atoms with Crippen molar-refractivity contribution in [3.8, 4) is 0 Å². The average Bonchev–Trinajstić information content (AvgIpc) is 3.16. The molecule has 3 N–H and O–H groups in total. The van der Waals surface area contributed by atoms with E-state index in [1.54, 1.807) is 5.57 Å². The van der Waals surface area contributed by atoms with E-state index in [0.717, 1.165) is 24.9 Å². The van der Waals surface area contributed by atoms with E-state index in [0.29, 0.717) is 18.3 Å². The van der Waals surface area contributed by atoms with Crippen molar-refractivity contribution in [3.63, 3.8) is 0 Å². The number of rotatable bonds is 10. The number of hydrogen-bond donors (Lipinski definition) is 3. The molecule has 0 spiro atoms. The zero-order chi connectivity index (χ0) is 19.9. The molecule has 3 nitrogen and oxygen atoms in total. The minimum atomic E-state index is -0.492. The number of hydrogen-bond acceptors (Lipinski definition) is 3. The Hall–Kier alpha value is -1.42. The molecular formula is C25H37NO2. The Labute approximate surface area is 170 Å². The molecule has 0 saturated heterocycles. The number of unbranched alkanes of at least 4 members (excludes halogenated alkanes) is 2. The van der Waals surface area contributed by atoms with E-state index >= 15 is 0 Å². The maximum atomic E-state index is 10.5. The molecule has 5 atom stereocenters. The number of aliphatic hydroxyl groups excluding tert-OH is 2. The zero-order valence-corrected chi connectivity index (χ0v) is 17.5. The van der Waals surface area contributed by atoms with Gasteiger partial charge in [0, 0.05) is 12.3 Å². The molecule has 0 radical (unpaired) electrons. The Morgan fingerprint density at radius 3 is 2.89 bits per heavy atom. The van der Waals surface area contributed by atoms with Gasteiger partial charge in [0.25, 0.3) is 0 Å². The van der Waals surface area contributed by atoms with Gasteiger partial charge >= 0.3 is 0 Å². The molecule has 0 unspecified atom stereocenters. The summed E-state index contributed by atoms with van der Waals surface area (Å²) in [6.45, 7) is 3.18. The predicted molar refractivity (Wildman–Crippen MR) is 116 cm³/mol. The molecule has 3 heteroatoms. The van der Waals surface area contributed by atoms with Crippen LogP contribution in [0.25, 0.3) is 0 Å². The molecule has 28 heavy (non-hydrogen) atoms. The second-order valence-electron chi connectivity index (χ2n) is 8.80. The molecule has 0 aromatic heterocycles. The Morgan fingerprint density at radius 2 is 2.11 bits per heavy atom. The fourth-order valence-electron chi connectivity index (χ4n) is 5.03. The van der Waals surface area contributed by atoms with Crippen LogP contribution in [0.15, 0.2) is 48.1 Å². The van der Waals surface area contributed by atoms with Gasteiger partial charge in [0.2, 0.25) is 0 Å². The number of nitrogens with one attached hydrogen (secondary N) is 1. The third kappa shape index (κ3) is 5.79. The molecule has 0 heterocycles. The van der Waals surface area contributed by atoms with Crippen LogP contribution in [0.1, 0.15) is 49.7 Å². The highest BCUT2D eigenvalue weighted by molar-refractivity contribution is 5.24. The number of aliphatic hydroxyl groups is 2. The van der Waals surface area contributed by atoms with Crippen molar-refractivity contribution in [2.45, 2.75) is 64.1 Å². The summed E-state index contributed by atoms with van der Waals surface area (Å²) in [4.78, 5) is 0. The fourth-order valence-corrected chi connectivity index (χ4v) is 5.03. The molecule has 1 aromatic carbocycles. The van der Waals surface area contributed by atoms with E-state index in [1.807, 2.05) is 19.2 Å². The second kappa shape index (κ2) is 10.4. The van der Waals surface area contributed by atoms with Crippen LogP contribution in [0.3, 0.4) is 0 Å². The van der Waals surface area contributed by atoms with Crippen molar-refractivity contribution >= 4 is 0 Å². The number of aryl methyl sites for hydroxylation is 1. The smallest absolute Gasteiger partial charge is 0.0761 e. The Bertz CT molecular complexity index is 681. The molecule has 2 aliphatic carbocycles. The van der Waals surface area contributed by atoms with Crippen molar-refractivity contribution in [1.82, 2.24) is 5.32 Å². The number of fused-ring (bicyclic) bond motifs is 1. The summed E-state index contributed by atoms with van der Waals surface area (Å²) in [6.07, 6.45) is 13.3. The molecule has 0 aliphatic heterocycles. The summed E-state index contributed by atoms with van der Waals surface area (Å²) < 4.78 is 0. The summed E-state index contributed by atoms with van der Waals surface area (Å²) in [7, 11) is 2.01. The van der Waals surface area contributed by atoms with Crippen LogP contribution in [0, 0.1) is 24.7 Å². The molecule has 1 fully saturated rings. The van der Waals surface area contributed by atoms with Gasteiger partial charge in [-0.3, -0.25) is 0 Å². The highest BCUT2D eigenvalue weighted by Crippen LogP contribution is 2.48. The summed E-state index contributed by atoms with van der Waals surface area (Å²) in [6, 6.07) is 8.30. The number of benzene rings is 1. The van der Waals surface area contributed by atoms with Crippen molar-refractivity contribution < 1.29 is 10.2 Å². The molecule has 0 amide bonds. The highest BCUT2D eigenvalue weighted by Gasteiger charge is 2.43. The van der Waals surface area contributed by atoms with E-state index in [2.05, 4.69) is 42.6 Å². The van der Waals surface area contributed by atoms with Gasteiger partial charge in [-0.05, 0) is 70.0 Å². The quantitative estimate of drug-likeness (QED) is 0.420. The lowest BCUT2D eigenvalue weighted by molar-refractivity contribution is 0.140. The zero-order valence-electron chi connectivity index (χ0n) is 17.5. The van der Waals surface area contributed by atoms with Crippen molar-refractivity contribution in [2.24, 2.45) is 17.8 Å². The third-order valence-electron chi connectivity index (χ3n) is 6.46. The molecule has 2 aliphatic rings. The lowest BCUT2D eigenvalue weighted by Crippen LogP contribution is -2.18. The third-order valence-corrected chi connectivity index (χ3v) is 6.46. The lowest BCUT2D eigenvalue weighted by Gasteiger charge is -2.19. The lowest BCUT2D eigenvalue weighted by atomic mass is 9.88. The highest BCUT2D eigenvalue weighted by atomic mass is 16.3. The monoisotopic (exact) mass is 383 g/mol. The van der Waals surface area contributed by atoms with Gasteiger partial charge < -0.3 is 15.5 Å². The largest absolute Gasteiger partial charge is 0.392 e. The Kier molecular flexibility index (Phi) is 7.90. The van der Waals surface area contributed by atoms with Crippen LogP contribution < -0.4 is 5.32 Å². The fraction of sp³-hybridized carbons (Fsp3) is 0.600. The van der Waals surface area contributed by atoms with Gasteiger partial charge in [0.1, 0.15) is 0 Å². The van der Waals surface area contributed by atoms with E-state index in [1.165, 1.54) is 31.2 Å². The number of allylic oxidation sites excluding steroid dienone is 2. The van der Waals surface area contributed by atoms with Crippen molar-refractivity contribution in [1.29, 1.82) is 0 Å². The molecular weight excluding hydrogens is 346 g/mol. The Morgan fingerprint density at radius 1 is 1.25 bits per heavy atom. The SMILES string of the molecule is CNCCCCCC1=C[C@H]2C[C@@H](O)[C@H](/C=C/[C@@H](O)Cc3cccc(C)c3)[C@H]2C1. The minimum Gasteiger partial charge on any atom is -0.392 e. The Balaban J connectivity index is 1.49.